The Bertz CT molecular complexity index is 411. The molecule has 0 amide bonds. The maximum atomic E-state index is 4.72. The zero-order chi connectivity index (χ0) is 14.0. The summed E-state index contributed by atoms with van der Waals surface area (Å²) in [4.78, 5) is 7.07. The third-order valence-electron chi connectivity index (χ3n) is 3.69. The van der Waals surface area contributed by atoms with Crippen molar-refractivity contribution in [2.45, 2.75) is 63.7 Å². The second-order valence-electron chi connectivity index (χ2n) is 6.31. The molecule has 5 heteroatoms. The molecule has 3 nitrogen and oxygen atoms in total. The Kier molecular flexibility index (Phi) is 4.77. The molecule has 1 aromatic heterocycles. The molecule has 1 fully saturated rings. The van der Waals surface area contributed by atoms with Gasteiger partial charge in [-0.25, -0.2) is 4.98 Å². The first-order valence-corrected chi connectivity index (χ1v) is 8.92. The van der Waals surface area contributed by atoms with Crippen molar-refractivity contribution >= 4 is 28.4 Å². The summed E-state index contributed by atoms with van der Waals surface area (Å²) in [5.41, 5.74) is 0.0475. The van der Waals surface area contributed by atoms with E-state index in [0.717, 1.165) is 16.2 Å². The average molecular weight is 300 g/mol. The van der Waals surface area contributed by atoms with Crippen LogP contribution >= 0.6 is 23.3 Å². The topological polar surface area (TPSA) is 29.0 Å². The lowest BCUT2D eigenvalue weighted by Gasteiger charge is -2.23. The van der Waals surface area contributed by atoms with Crippen molar-refractivity contribution in [3.05, 3.63) is 5.82 Å². The van der Waals surface area contributed by atoms with Crippen LogP contribution in [0.1, 0.15) is 52.8 Å². The van der Waals surface area contributed by atoms with Gasteiger partial charge in [0.05, 0.1) is 0 Å². The Morgan fingerprint density at radius 3 is 2.68 bits per heavy atom. The van der Waals surface area contributed by atoms with Crippen molar-refractivity contribution in [1.29, 1.82) is 0 Å². The summed E-state index contributed by atoms with van der Waals surface area (Å²) in [5.74, 6) is 2.20. The summed E-state index contributed by atoms with van der Waals surface area (Å²) in [6.45, 7) is 8.76. The van der Waals surface area contributed by atoms with E-state index in [4.69, 9.17) is 4.98 Å². The van der Waals surface area contributed by atoms with Crippen LogP contribution in [0, 0.1) is 0 Å². The van der Waals surface area contributed by atoms with Crippen LogP contribution in [0.5, 0.6) is 0 Å². The van der Waals surface area contributed by atoms with Gasteiger partial charge in [-0.1, -0.05) is 27.7 Å². The average Bonchev–Trinajstić information content (AvgIpc) is 2.96. The van der Waals surface area contributed by atoms with Gasteiger partial charge in [-0.15, -0.1) is 0 Å². The first-order valence-electron chi connectivity index (χ1n) is 7.10. The standard InChI is InChI=1S/C14H25N3S2/c1-6-18-11-8-7-10(9-11)17(5)13-15-12(16-19-13)14(2,3)4/h10-11H,6-9H2,1-5H3. The Balaban J connectivity index is 2.00. The first-order chi connectivity index (χ1) is 8.91. The molecule has 108 valence electrons. The fourth-order valence-electron chi connectivity index (χ4n) is 2.48. The van der Waals surface area contributed by atoms with Crippen LogP contribution in [0.2, 0.25) is 0 Å². The Morgan fingerprint density at radius 2 is 2.11 bits per heavy atom. The number of rotatable bonds is 4. The molecular formula is C14H25N3S2. The molecule has 2 unspecified atom stereocenters. The summed E-state index contributed by atoms with van der Waals surface area (Å²) in [7, 11) is 2.18. The van der Waals surface area contributed by atoms with Crippen LogP contribution in [0.3, 0.4) is 0 Å². The largest absolute Gasteiger partial charge is 0.347 e. The quantitative estimate of drug-likeness (QED) is 0.842. The predicted octanol–water partition coefficient (Wildman–Crippen LogP) is 3.95. The van der Waals surface area contributed by atoms with Gasteiger partial charge in [0.25, 0.3) is 0 Å². The van der Waals surface area contributed by atoms with Gasteiger partial charge in [0.1, 0.15) is 5.82 Å². The van der Waals surface area contributed by atoms with Crippen molar-refractivity contribution in [3.63, 3.8) is 0 Å². The maximum Gasteiger partial charge on any atom is 0.205 e. The SMILES string of the molecule is CCSC1CCC(N(C)c2nc(C(C)(C)C)ns2)C1. The summed E-state index contributed by atoms with van der Waals surface area (Å²) < 4.78 is 4.52. The van der Waals surface area contributed by atoms with Gasteiger partial charge in [0, 0.05) is 35.3 Å². The number of hydrogen-bond acceptors (Lipinski definition) is 5. The molecule has 2 atom stereocenters. The minimum absolute atomic E-state index is 0.0475. The van der Waals surface area contributed by atoms with Crippen molar-refractivity contribution in [3.8, 4) is 0 Å². The molecule has 19 heavy (non-hydrogen) atoms. The van der Waals surface area contributed by atoms with Gasteiger partial charge in [-0.05, 0) is 25.0 Å². The van der Waals surface area contributed by atoms with Crippen LogP contribution in [0.25, 0.3) is 0 Å². The molecule has 2 rings (SSSR count). The molecule has 0 bridgehead atoms. The molecular weight excluding hydrogens is 274 g/mol. The highest BCUT2D eigenvalue weighted by Gasteiger charge is 2.30. The van der Waals surface area contributed by atoms with Crippen LogP contribution in [-0.2, 0) is 5.41 Å². The fraction of sp³-hybridized carbons (Fsp3) is 0.857. The zero-order valence-corrected chi connectivity index (χ0v) is 14.3. The van der Waals surface area contributed by atoms with Crippen molar-refractivity contribution in [2.24, 2.45) is 0 Å². The molecule has 1 heterocycles. The van der Waals surface area contributed by atoms with Crippen molar-refractivity contribution in [2.75, 3.05) is 17.7 Å². The van der Waals surface area contributed by atoms with E-state index < -0.39 is 0 Å². The van der Waals surface area contributed by atoms with Crippen LogP contribution < -0.4 is 4.90 Å². The van der Waals surface area contributed by atoms with E-state index in [2.05, 4.69) is 55.8 Å². The minimum Gasteiger partial charge on any atom is -0.347 e. The fourth-order valence-corrected chi connectivity index (χ4v) is 4.50. The van der Waals surface area contributed by atoms with Crippen LogP contribution in [-0.4, -0.2) is 33.4 Å². The lowest BCUT2D eigenvalue weighted by Crippen LogP contribution is -2.29. The van der Waals surface area contributed by atoms with Gasteiger partial charge in [0.2, 0.25) is 5.13 Å². The summed E-state index contributed by atoms with van der Waals surface area (Å²) in [6.07, 6.45) is 3.93. The van der Waals surface area contributed by atoms with E-state index in [9.17, 15) is 0 Å². The van der Waals surface area contributed by atoms with Gasteiger partial charge in [0.15, 0.2) is 0 Å². The number of hydrogen-bond donors (Lipinski definition) is 0. The number of aromatic nitrogens is 2. The summed E-state index contributed by atoms with van der Waals surface area (Å²) in [6, 6.07) is 0.643. The summed E-state index contributed by atoms with van der Waals surface area (Å²) >= 11 is 3.65. The third-order valence-corrected chi connectivity index (χ3v) is 5.73. The molecule has 0 radical (unpaired) electrons. The smallest absolute Gasteiger partial charge is 0.205 e. The molecule has 1 aliphatic rings. The van der Waals surface area contributed by atoms with Crippen molar-refractivity contribution < 1.29 is 0 Å². The molecule has 1 aromatic rings. The van der Waals surface area contributed by atoms with E-state index in [1.807, 2.05) is 0 Å². The normalized spacial score (nSPS) is 23.8. The van der Waals surface area contributed by atoms with E-state index in [1.54, 1.807) is 11.5 Å². The third kappa shape index (κ3) is 3.63. The molecule has 0 aromatic carbocycles. The maximum absolute atomic E-state index is 4.72. The Morgan fingerprint density at radius 1 is 1.37 bits per heavy atom. The van der Waals surface area contributed by atoms with E-state index in [0.29, 0.717) is 6.04 Å². The second-order valence-corrected chi connectivity index (χ2v) is 8.61. The molecule has 1 aliphatic carbocycles. The second kappa shape index (κ2) is 6.00. The van der Waals surface area contributed by atoms with E-state index in [-0.39, 0.29) is 5.41 Å². The number of thioether (sulfide) groups is 1. The molecule has 0 saturated heterocycles. The lowest BCUT2D eigenvalue weighted by molar-refractivity contribution is 0.552. The Hall–Kier alpha value is -0.290. The lowest BCUT2D eigenvalue weighted by atomic mass is 9.96. The van der Waals surface area contributed by atoms with Crippen LogP contribution in [0.15, 0.2) is 0 Å². The van der Waals surface area contributed by atoms with Crippen molar-refractivity contribution in [1.82, 2.24) is 9.36 Å². The molecule has 1 saturated carbocycles. The number of nitrogens with zero attached hydrogens (tertiary/aromatic N) is 3. The van der Waals surface area contributed by atoms with Gasteiger partial charge < -0.3 is 4.90 Å². The van der Waals surface area contributed by atoms with Crippen LogP contribution in [0.4, 0.5) is 5.13 Å². The Labute approximate surface area is 125 Å². The van der Waals surface area contributed by atoms with E-state index >= 15 is 0 Å². The minimum atomic E-state index is 0.0475. The number of anilines is 1. The van der Waals surface area contributed by atoms with E-state index in [1.165, 1.54) is 25.0 Å². The summed E-state index contributed by atoms with van der Waals surface area (Å²) in [5, 5.41) is 1.92. The van der Waals surface area contributed by atoms with Gasteiger partial charge in [-0.2, -0.15) is 16.1 Å². The first kappa shape index (κ1) is 15.1. The molecule has 0 spiro atoms. The zero-order valence-electron chi connectivity index (χ0n) is 12.6. The molecule has 0 aliphatic heterocycles. The molecule has 0 N–H and O–H groups in total. The highest BCUT2D eigenvalue weighted by molar-refractivity contribution is 7.99. The predicted molar refractivity (Wildman–Crippen MR) is 86.6 cm³/mol. The van der Waals surface area contributed by atoms with Gasteiger partial charge in [-0.3, -0.25) is 0 Å². The highest BCUT2D eigenvalue weighted by atomic mass is 32.2. The van der Waals surface area contributed by atoms with Gasteiger partial charge >= 0.3 is 0 Å². The highest BCUT2D eigenvalue weighted by Crippen LogP contribution is 2.35. The monoisotopic (exact) mass is 299 g/mol.